The molecule has 6 heteroatoms. The Hall–Kier alpha value is -3.80. The zero-order valence-corrected chi connectivity index (χ0v) is 19.9. The van der Waals surface area contributed by atoms with E-state index in [4.69, 9.17) is 18.9 Å². The first-order valence-electron chi connectivity index (χ1n) is 10.4. The molecule has 0 amide bonds. The van der Waals surface area contributed by atoms with Crippen LogP contribution in [0.5, 0.6) is 23.0 Å². The van der Waals surface area contributed by atoms with Gasteiger partial charge in [0.05, 0.1) is 14.2 Å². The Bertz CT molecular complexity index is 1050. The minimum Gasteiger partial charge on any atom is -0.497 e. The molecule has 33 heavy (non-hydrogen) atoms. The Morgan fingerprint density at radius 2 is 1.03 bits per heavy atom. The molecule has 0 bridgehead atoms. The molecule has 6 nitrogen and oxygen atoms in total. The fraction of sp³-hybridized carbons (Fsp3) is 0.259. The third-order valence-corrected chi connectivity index (χ3v) is 4.95. The van der Waals surface area contributed by atoms with Gasteiger partial charge in [0, 0.05) is 25.3 Å². The lowest BCUT2D eigenvalue weighted by atomic mass is 9.78. The highest BCUT2D eigenvalue weighted by Crippen LogP contribution is 2.33. The van der Waals surface area contributed by atoms with E-state index in [1.807, 2.05) is 36.4 Å². The van der Waals surface area contributed by atoms with Crippen molar-refractivity contribution in [2.24, 2.45) is 0 Å². The van der Waals surface area contributed by atoms with E-state index in [1.165, 1.54) is 19.4 Å². The van der Waals surface area contributed by atoms with Crippen LogP contribution in [0.3, 0.4) is 0 Å². The fourth-order valence-corrected chi connectivity index (χ4v) is 3.11. The first kappa shape index (κ1) is 25.5. The SMILES string of the molecule is COc1ccc(C(C)(C)c2ccc(OC(C)=O)cc2)cc1.COc1cccc(OC(C)=O)c1. The van der Waals surface area contributed by atoms with Gasteiger partial charge in [0.15, 0.2) is 0 Å². The average Bonchev–Trinajstić information content (AvgIpc) is 2.79. The van der Waals surface area contributed by atoms with E-state index >= 15 is 0 Å². The molecule has 0 aliphatic heterocycles. The molecule has 0 heterocycles. The quantitative estimate of drug-likeness (QED) is 0.361. The molecule has 0 aliphatic carbocycles. The van der Waals surface area contributed by atoms with Crippen molar-refractivity contribution in [2.45, 2.75) is 33.1 Å². The lowest BCUT2D eigenvalue weighted by Crippen LogP contribution is -2.18. The number of rotatable bonds is 6. The summed E-state index contributed by atoms with van der Waals surface area (Å²) in [6, 6.07) is 22.6. The summed E-state index contributed by atoms with van der Waals surface area (Å²) >= 11 is 0. The predicted octanol–water partition coefficient (Wildman–Crippen LogP) is 5.57. The second kappa shape index (κ2) is 11.7. The zero-order valence-electron chi connectivity index (χ0n) is 19.9. The molecule has 3 aromatic carbocycles. The Balaban J connectivity index is 0.000000273. The molecule has 0 aromatic heterocycles. The van der Waals surface area contributed by atoms with Crippen molar-refractivity contribution in [3.05, 3.63) is 83.9 Å². The fourth-order valence-electron chi connectivity index (χ4n) is 3.11. The van der Waals surface area contributed by atoms with Gasteiger partial charge in [-0.25, -0.2) is 0 Å². The molecular weight excluding hydrogens is 420 g/mol. The number of benzene rings is 3. The van der Waals surface area contributed by atoms with Crippen LogP contribution in [0.1, 0.15) is 38.8 Å². The van der Waals surface area contributed by atoms with Gasteiger partial charge in [-0.2, -0.15) is 0 Å². The molecule has 0 N–H and O–H groups in total. The second-order valence-electron chi connectivity index (χ2n) is 7.74. The Morgan fingerprint density at radius 3 is 1.48 bits per heavy atom. The number of hydrogen-bond acceptors (Lipinski definition) is 6. The standard InChI is InChI=1S/C18H20O3.C9H10O3/c1-13(19)21-17-11-7-15(8-12-17)18(2,3)14-5-9-16(20-4)10-6-14;1-7(10)12-9-5-3-4-8(6-9)11-2/h5-12H,1-4H3;3-6H,1-2H3. The van der Waals surface area contributed by atoms with Gasteiger partial charge in [-0.3, -0.25) is 9.59 Å². The summed E-state index contributed by atoms with van der Waals surface area (Å²) < 4.78 is 20.0. The second-order valence-corrected chi connectivity index (χ2v) is 7.74. The normalized spacial score (nSPS) is 10.4. The topological polar surface area (TPSA) is 71.1 Å². The molecule has 3 aromatic rings. The maximum Gasteiger partial charge on any atom is 0.308 e. The highest BCUT2D eigenvalue weighted by Gasteiger charge is 2.23. The van der Waals surface area contributed by atoms with Gasteiger partial charge in [-0.05, 0) is 47.5 Å². The summed E-state index contributed by atoms with van der Waals surface area (Å²) in [7, 11) is 3.22. The monoisotopic (exact) mass is 450 g/mol. The number of hydrogen-bond donors (Lipinski definition) is 0. The van der Waals surface area contributed by atoms with Crippen LogP contribution >= 0.6 is 0 Å². The van der Waals surface area contributed by atoms with E-state index in [-0.39, 0.29) is 17.4 Å². The number of carbonyl (C=O) groups is 2. The molecule has 174 valence electrons. The van der Waals surface area contributed by atoms with E-state index in [0.717, 1.165) is 11.3 Å². The number of methoxy groups -OCH3 is 2. The van der Waals surface area contributed by atoms with Crippen LogP contribution in [0.2, 0.25) is 0 Å². The van der Waals surface area contributed by atoms with Crippen LogP contribution in [-0.4, -0.2) is 26.2 Å². The maximum atomic E-state index is 10.9. The van der Waals surface area contributed by atoms with Crippen LogP contribution in [0.15, 0.2) is 72.8 Å². The van der Waals surface area contributed by atoms with E-state index in [0.29, 0.717) is 17.2 Å². The van der Waals surface area contributed by atoms with Crippen LogP contribution < -0.4 is 18.9 Å². The van der Waals surface area contributed by atoms with Gasteiger partial charge in [0.1, 0.15) is 23.0 Å². The van der Waals surface area contributed by atoms with Crippen molar-refractivity contribution in [3.63, 3.8) is 0 Å². The maximum absolute atomic E-state index is 10.9. The highest BCUT2D eigenvalue weighted by molar-refractivity contribution is 5.69. The van der Waals surface area contributed by atoms with Crippen LogP contribution in [0, 0.1) is 0 Å². The smallest absolute Gasteiger partial charge is 0.308 e. The zero-order chi connectivity index (χ0) is 24.4. The van der Waals surface area contributed by atoms with E-state index in [9.17, 15) is 9.59 Å². The van der Waals surface area contributed by atoms with Gasteiger partial charge < -0.3 is 18.9 Å². The molecule has 0 aliphatic rings. The first-order valence-corrected chi connectivity index (χ1v) is 10.4. The summed E-state index contributed by atoms with van der Waals surface area (Å²) in [5.74, 6) is 1.95. The average molecular weight is 451 g/mol. The van der Waals surface area contributed by atoms with Crippen molar-refractivity contribution in [3.8, 4) is 23.0 Å². The Kier molecular flexibility index (Phi) is 9.04. The van der Waals surface area contributed by atoms with Gasteiger partial charge in [-0.1, -0.05) is 44.2 Å². The largest absolute Gasteiger partial charge is 0.497 e. The number of ether oxygens (including phenoxy) is 4. The molecule has 0 unspecified atom stereocenters. The molecule has 0 saturated carbocycles. The van der Waals surface area contributed by atoms with E-state index in [1.54, 1.807) is 38.5 Å². The lowest BCUT2D eigenvalue weighted by molar-refractivity contribution is -0.132. The first-order chi connectivity index (χ1) is 15.6. The molecule has 0 radical (unpaired) electrons. The summed E-state index contributed by atoms with van der Waals surface area (Å²) in [4.78, 5) is 21.5. The number of esters is 2. The molecular formula is C27H30O6. The van der Waals surface area contributed by atoms with E-state index < -0.39 is 0 Å². The highest BCUT2D eigenvalue weighted by atomic mass is 16.5. The third kappa shape index (κ3) is 7.68. The van der Waals surface area contributed by atoms with Gasteiger partial charge in [0.2, 0.25) is 0 Å². The summed E-state index contributed by atoms with van der Waals surface area (Å²) in [5.41, 5.74) is 2.22. The van der Waals surface area contributed by atoms with Crippen LogP contribution in [0.25, 0.3) is 0 Å². The summed E-state index contributed by atoms with van der Waals surface area (Å²) in [6.45, 7) is 7.08. The van der Waals surface area contributed by atoms with Crippen molar-refractivity contribution < 1.29 is 28.5 Å². The van der Waals surface area contributed by atoms with Crippen molar-refractivity contribution in [1.29, 1.82) is 0 Å². The predicted molar refractivity (Wildman–Crippen MR) is 127 cm³/mol. The summed E-state index contributed by atoms with van der Waals surface area (Å²) in [6.07, 6.45) is 0. The third-order valence-electron chi connectivity index (χ3n) is 4.95. The lowest BCUT2D eigenvalue weighted by Gasteiger charge is -2.26. The van der Waals surface area contributed by atoms with Gasteiger partial charge >= 0.3 is 11.9 Å². The van der Waals surface area contributed by atoms with Crippen molar-refractivity contribution in [1.82, 2.24) is 0 Å². The van der Waals surface area contributed by atoms with Crippen LogP contribution in [-0.2, 0) is 15.0 Å². The van der Waals surface area contributed by atoms with E-state index in [2.05, 4.69) is 26.0 Å². The van der Waals surface area contributed by atoms with Crippen LogP contribution in [0.4, 0.5) is 0 Å². The van der Waals surface area contributed by atoms with Crippen molar-refractivity contribution >= 4 is 11.9 Å². The molecule has 0 spiro atoms. The van der Waals surface area contributed by atoms with Crippen molar-refractivity contribution in [2.75, 3.05) is 14.2 Å². The van der Waals surface area contributed by atoms with Gasteiger partial charge in [-0.15, -0.1) is 0 Å². The van der Waals surface area contributed by atoms with Gasteiger partial charge in [0.25, 0.3) is 0 Å². The summed E-state index contributed by atoms with van der Waals surface area (Å²) in [5, 5.41) is 0. The molecule has 0 saturated heterocycles. The minimum atomic E-state index is -0.330. The molecule has 0 fully saturated rings. The Labute approximate surface area is 195 Å². The Morgan fingerprint density at radius 1 is 0.606 bits per heavy atom. The molecule has 0 atom stereocenters. The minimum absolute atomic E-state index is 0.138. The molecule has 3 rings (SSSR count). The number of carbonyl (C=O) groups excluding carboxylic acids is 2.